The topological polar surface area (TPSA) is 53.5 Å². The maximum atomic E-state index is 12.7. The fourth-order valence-corrected chi connectivity index (χ4v) is 2.63. The predicted octanol–water partition coefficient (Wildman–Crippen LogP) is 3.62. The van der Waals surface area contributed by atoms with E-state index >= 15 is 0 Å². The van der Waals surface area contributed by atoms with E-state index in [0.717, 1.165) is 18.5 Å². The maximum absolute atomic E-state index is 12.7. The van der Waals surface area contributed by atoms with E-state index in [1.807, 2.05) is 44.2 Å². The fraction of sp³-hybridized carbons (Fsp3) is 0.350. The van der Waals surface area contributed by atoms with Gasteiger partial charge in [-0.3, -0.25) is 9.59 Å². The van der Waals surface area contributed by atoms with E-state index in [2.05, 4.69) is 4.98 Å². The first kappa shape index (κ1) is 18.6. The Morgan fingerprint density at radius 3 is 1.96 bits per heavy atom. The molecular formula is C20H25N3O2. The Kier molecular flexibility index (Phi) is 6.69. The van der Waals surface area contributed by atoms with Crippen molar-refractivity contribution in [3.05, 3.63) is 59.9 Å². The van der Waals surface area contributed by atoms with E-state index in [0.29, 0.717) is 18.8 Å². The van der Waals surface area contributed by atoms with E-state index in [1.54, 1.807) is 30.1 Å². The molecule has 0 saturated heterocycles. The monoisotopic (exact) mass is 339 g/mol. The number of nitrogens with zero attached hydrogens (tertiary/aromatic N) is 3. The van der Waals surface area contributed by atoms with Crippen LogP contribution in [0.3, 0.4) is 0 Å². The highest BCUT2D eigenvalue weighted by Crippen LogP contribution is 2.14. The van der Waals surface area contributed by atoms with Gasteiger partial charge in [-0.2, -0.15) is 0 Å². The lowest BCUT2D eigenvalue weighted by atomic mass is 10.2. The van der Waals surface area contributed by atoms with E-state index in [9.17, 15) is 9.59 Å². The minimum Gasteiger partial charge on any atom is -0.337 e. The summed E-state index contributed by atoms with van der Waals surface area (Å²) in [5.41, 5.74) is 1.36. The molecular weight excluding hydrogens is 314 g/mol. The van der Waals surface area contributed by atoms with Crippen LogP contribution in [0, 0.1) is 0 Å². The van der Waals surface area contributed by atoms with Crippen molar-refractivity contribution in [3.8, 4) is 0 Å². The molecule has 0 aliphatic rings. The molecule has 2 aromatic rings. The van der Waals surface area contributed by atoms with Crippen LogP contribution in [0.25, 0.3) is 0 Å². The zero-order chi connectivity index (χ0) is 18.2. The maximum Gasteiger partial charge on any atom is 0.276 e. The molecule has 1 aromatic carbocycles. The predicted molar refractivity (Wildman–Crippen MR) is 99.9 cm³/mol. The second-order valence-corrected chi connectivity index (χ2v) is 5.90. The Morgan fingerprint density at radius 1 is 0.840 bits per heavy atom. The lowest BCUT2D eigenvalue weighted by molar-refractivity contribution is 0.0749. The van der Waals surface area contributed by atoms with Gasteiger partial charge in [-0.25, -0.2) is 4.98 Å². The zero-order valence-corrected chi connectivity index (χ0v) is 15.1. The van der Waals surface area contributed by atoms with Crippen LogP contribution in [0.4, 0.5) is 5.69 Å². The van der Waals surface area contributed by atoms with Crippen LogP contribution < -0.4 is 4.90 Å². The van der Waals surface area contributed by atoms with Gasteiger partial charge in [0.05, 0.1) is 0 Å². The standard InChI is InChI=1S/C20H25N3O2/c1-4-14-23(15-5-2)20(25)18-13-9-12-17(21-18)19(24)22(3)16-10-7-6-8-11-16/h6-13H,4-5,14-15H2,1-3H3. The smallest absolute Gasteiger partial charge is 0.276 e. The normalized spacial score (nSPS) is 10.4. The molecule has 0 saturated carbocycles. The molecule has 1 heterocycles. The lowest BCUT2D eigenvalue weighted by Gasteiger charge is -2.21. The molecule has 2 amide bonds. The Balaban J connectivity index is 2.23. The van der Waals surface area contributed by atoms with E-state index in [-0.39, 0.29) is 17.5 Å². The molecule has 0 atom stereocenters. The molecule has 5 heteroatoms. The van der Waals surface area contributed by atoms with Gasteiger partial charge in [-0.05, 0) is 37.1 Å². The van der Waals surface area contributed by atoms with Crippen LogP contribution in [0.5, 0.6) is 0 Å². The molecule has 5 nitrogen and oxygen atoms in total. The van der Waals surface area contributed by atoms with Gasteiger partial charge in [0.1, 0.15) is 11.4 Å². The number of hydrogen-bond donors (Lipinski definition) is 0. The first-order valence-corrected chi connectivity index (χ1v) is 8.67. The highest BCUT2D eigenvalue weighted by atomic mass is 16.2. The molecule has 0 aliphatic carbocycles. The summed E-state index contributed by atoms with van der Waals surface area (Å²) in [7, 11) is 1.70. The van der Waals surface area contributed by atoms with Crippen molar-refractivity contribution in [2.45, 2.75) is 26.7 Å². The fourth-order valence-electron chi connectivity index (χ4n) is 2.63. The Labute approximate surface area is 149 Å². The molecule has 1 aromatic heterocycles. The molecule has 0 bridgehead atoms. The van der Waals surface area contributed by atoms with Crippen LogP contribution in [0.1, 0.15) is 47.7 Å². The molecule has 0 spiro atoms. The largest absolute Gasteiger partial charge is 0.337 e. The van der Waals surface area contributed by atoms with Gasteiger partial charge in [0, 0.05) is 25.8 Å². The number of pyridine rings is 1. The quantitative estimate of drug-likeness (QED) is 0.774. The summed E-state index contributed by atoms with van der Waals surface area (Å²) in [6.45, 7) is 5.46. The molecule has 132 valence electrons. The summed E-state index contributed by atoms with van der Waals surface area (Å²) < 4.78 is 0. The highest BCUT2D eigenvalue weighted by molar-refractivity contribution is 6.05. The summed E-state index contributed by atoms with van der Waals surface area (Å²) >= 11 is 0. The van der Waals surface area contributed by atoms with Gasteiger partial charge in [0.25, 0.3) is 11.8 Å². The molecule has 0 radical (unpaired) electrons. The third kappa shape index (κ3) is 4.66. The van der Waals surface area contributed by atoms with Crippen LogP contribution in [0.2, 0.25) is 0 Å². The van der Waals surface area contributed by atoms with E-state index in [1.165, 1.54) is 4.90 Å². The number of amides is 2. The van der Waals surface area contributed by atoms with Gasteiger partial charge in [0.15, 0.2) is 0 Å². The van der Waals surface area contributed by atoms with Crippen LogP contribution >= 0.6 is 0 Å². The van der Waals surface area contributed by atoms with Crippen LogP contribution in [-0.2, 0) is 0 Å². The van der Waals surface area contributed by atoms with Gasteiger partial charge in [-0.1, -0.05) is 38.1 Å². The number of benzene rings is 1. The van der Waals surface area contributed by atoms with Gasteiger partial charge in [-0.15, -0.1) is 0 Å². The number of para-hydroxylation sites is 1. The van der Waals surface area contributed by atoms with Crippen molar-refractivity contribution in [2.75, 3.05) is 25.0 Å². The van der Waals surface area contributed by atoms with Crippen molar-refractivity contribution >= 4 is 17.5 Å². The summed E-state index contributed by atoms with van der Waals surface area (Å²) in [5, 5.41) is 0. The molecule has 2 rings (SSSR count). The van der Waals surface area contributed by atoms with Crippen molar-refractivity contribution in [1.82, 2.24) is 9.88 Å². The van der Waals surface area contributed by atoms with Gasteiger partial charge in [0.2, 0.25) is 0 Å². The summed E-state index contributed by atoms with van der Waals surface area (Å²) in [4.78, 5) is 33.0. The Hall–Kier alpha value is -2.69. The van der Waals surface area contributed by atoms with Crippen molar-refractivity contribution < 1.29 is 9.59 Å². The number of rotatable bonds is 7. The second kappa shape index (κ2) is 8.97. The average molecular weight is 339 g/mol. The van der Waals surface area contributed by atoms with Gasteiger partial charge < -0.3 is 9.80 Å². The third-order valence-corrected chi connectivity index (χ3v) is 3.91. The van der Waals surface area contributed by atoms with Crippen molar-refractivity contribution in [2.24, 2.45) is 0 Å². The number of carbonyl (C=O) groups is 2. The Morgan fingerprint density at radius 2 is 1.40 bits per heavy atom. The molecule has 0 N–H and O–H groups in total. The van der Waals surface area contributed by atoms with Crippen LogP contribution in [0.15, 0.2) is 48.5 Å². The van der Waals surface area contributed by atoms with Crippen molar-refractivity contribution in [3.63, 3.8) is 0 Å². The number of hydrogen-bond acceptors (Lipinski definition) is 3. The third-order valence-electron chi connectivity index (χ3n) is 3.91. The SMILES string of the molecule is CCCN(CCC)C(=O)c1cccc(C(=O)N(C)c2ccccc2)n1. The number of anilines is 1. The zero-order valence-electron chi connectivity index (χ0n) is 15.1. The number of carbonyl (C=O) groups excluding carboxylic acids is 2. The average Bonchev–Trinajstić information content (AvgIpc) is 2.67. The summed E-state index contributed by atoms with van der Waals surface area (Å²) in [5.74, 6) is -0.362. The number of aromatic nitrogens is 1. The summed E-state index contributed by atoms with van der Waals surface area (Å²) in [6, 6.07) is 14.4. The lowest BCUT2D eigenvalue weighted by Crippen LogP contribution is -2.34. The summed E-state index contributed by atoms with van der Waals surface area (Å²) in [6.07, 6.45) is 1.78. The molecule has 25 heavy (non-hydrogen) atoms. The van der Waals surface area contributed by atoms with E-state index < -0.39 is 0 Å². The van der Waals surface area contributed by atoms with Gasteiger partial charge >= 0.3 is 0 Å². The van der Waals surface area contributed by atoms with Crippen LogP contribution in [-0.4, -0.2) is 41.8 Å². The minimum atomic E-state index is -0.238. The first-order valence-electron chi connectivity index (χ1n) is 8.67. The molecule has 0 unspecified atom stereocenters. The Bertz CT molecular complexity index is 710. The highest BCUT2D eigenvalue weighted by Gasteiger charge is 2.19. The van der Waals surface area contributed by atoms with Crippen molar-refractivity contribution in [1.29, 1.82) is 0 Å². The minimum absolute atomic E-state index is 0.124. The van der Waals surface area contributed by atoms with E-state index in [4.69, 9.17) is 0 Å². The second-order valence-electron chi connectivity index (χ2n) is 5.90. The molecule has 0 aliphatic heterocycles. The molecule has 0 fully saturated rings. The first-order chi connectivity index (χ1) is 12.1.